The maximum atomic E-state index is 10.5. The van der Waals surface area contributed by atoms with Crippen LogP contribution in [0.5, 0.6) is 0 Å². The Morgan fingerprint density at radius 2 is 1.30 bits per heavy atom. The van der Waals surface area contributed by atoms with E-state index in [4.69, 9.17) is 11.6 Å². The van der Waals surface area contributed by atoms with Crippen molar-refractivity contribution in [2.45, 2.75) is 84.0 Å². The Balaban J connectivity index is 3.17. The van der Waals surface area contributed by atoms with Crippen LogP contribution in [-0.4, -0.2) is 5.24 Å². The van der Waals surface area contributed by atoms with Gasteiger partial charge in [-0.2, -0.15) is 0 Å². The molecule has 0 amide bonds. The number of carbonyl (C=O) groups excluding carboxylic acids is 1. The van der Waals surface area contributed by atoms with Crippen molar-refractivity contribution in [2.24, 2.45) is 0 Å². The van der Waals surface area contributed by atoms with E-state index in [9.17, 15) is 4.79 Å². The zero-order valence-electron chi connectivity index (χ0n) is 13.1. The number of unbranched alkanes of at least 4 members (excludes halogenated alkanes) is 9. The fourth-order valence-corrected chi connectivity index (χ4v) is 2.23. The average molecular weight is 299 g/mol. The minimum absolute atomic E-state index is 0.196. The van der Waals surface area contributed by atoms with Crippen molar-refractivity contribution in [3.63, 3.8) is 0 Å². The highest BCUT2D eigenvalue weighted by atomic mass is 35.5. The molecule has 0 rings (SSSR count). The lowest BCUT2D eigenvalue weighted by atomic mass is 10.1. The lowest BCUT2D eigenvalue weighted by Gasteiger charge is -1.99. The second kappa shape index (κ2) is 16.5. The van der Waals surface area contributed by atoms with E-state index in [1.54, 1.807) is 0 Å². The molecule has 0 aromatic carbocycles. The van der Waals surface area contributed by atoms with Crippen LogP contribution < -0.4 is 0 Å². The van der Waals surface area contributed by atoms with Gasteiger partial charge in [-0.3, -0.25) is 4.79 Å². The standard InChI is InChI=1S/C18H31ClO/c1-2-3-4-5-6-7-8-9-10-11-12-13-14-15-16-17-18(19)20/h6-9H,2-5,10-17H2,1H3/b7-6+,9-8+. The van der Waals surface area contributed by atoms with E-state index in [0.717, 1.165) is 12.8 Å². The summed E-state index contributed by atoms with van der Waals surface area (Å²) in [4.78, 5) is 10.5. The average Bonchev–Trinajstić information content (AvgIpc) is 2.43. The topological polar surface area (TPSA) is 17.1 Å². The molecule has 0 atom stereocenters. The van der Waals surface area contributed by atoms with E-state index in [2.05, 4.69) is 31.2 Å². The molecule has 0 aliphatic carbocycles. The van der Waals surface area contributed by atoms with Crippen LogP contribution in [0.4, 0.5) is 0 Å². The summed E-state index contributed by atoms with van der Waals surface area (Å²) in [6.45, 7) is 2.24. The minimum Gasteiger partial charge on any atom is -0.281 e. The van der Waals surface area contributed by atoms with Gasteiger partial charge < -0.3 is 0 Å². The van der Waals surface area contributed by atoms with Gasteiger partial charge >= 0.3 is 0 Å². The molecule has 0 saturated heterocycles. The van der Waals surface area contributed by atoms with Crippen LogP contribution >= 0.6 is 11.6 Å². The van der Waals surface area contributed by atoms with Gasteiger partial charge in [-0.25, -0.2) is 0 Å². The van der Waals surface area contributed by atoms with Crippen molar-refractivity contribution in [1.82, 2.24) is 0 Å². The van der Waals surface area contributed by atoms with Crippen LogP contribution in [0.3, 0.4) is 0 Å². The van der Waals surface area contributed by atoms with Crippen LogP contribution in [-0.2, 0) is 4.79 Å². The summed E-state index contributed by atoms with van der Waals surface area (Å²) >= 11 is 5.28. The zero-order valence-corrected chi connectivity index (χ0v) is 13.8. The third-order valence-electron chi connectivity index (χ3n) is 3.35. The molecule has 0 aliphatic rings. The first-order valence-corrected chi connectivity index (χ1v) is 8.65. The molecule has 1 nitrogen and oxygen atoms in total. The number of hydrogen-bond donors (Lipinski definition) is 0. The lowest BCUT2D eigenvalue weighted by molar-refractivity contribution is -0.111. The Bertz CT molecular complexity index is 269. The highest BCUT2D eigenvalue weighted by Gasteiger charge is 1.95. The summed E-state index contributed by atoms with van der Waals surface area (Å²) in [7, 11) is 0. The molecule has 0 aromatic rings. The summed E-state index contributed by atoms with van der Waals surface area (Å²) in [5.41, 5.74) is 0. The molecule has 0 unspecified atom stereocenters. The smallest absolute Gasteiger partial charge is 0.221 e. The maximum absolute atomic E-state index is 10.5. The predicted octanol–water partition coefficient (Wildman–Crippen LogP) is 6.57. The summed E-state index contributed by atoms with van der Waals surface area (Å²) in [6.07, 6.45) is 22.9. The highest BCUT2D eigenvalue weighted by molar-refractivity contribution is 6.63. The molecule has 0 aromatic heterocycles. The Kier molecular flexibility index (Phi) is 16.0. The van der Waals surface area contributed by atoms with Gasteiger partial charge in [-0.1, -0.05) is 69.8 Å². The van der Waals surface area contributed by atoms with Crippen LogP contribution in [0.1, 0.15) is 84.0 Å². The minimum atomic E-state index is -0.196. The van der Waals surface area contributed by atoms with Crippen LogP contribution in [0.15, 0.2) is 24.3 Å². The zero-order chi connectivity index (χ0) is 14.9. The number of rotatable bonds is 14. The Morgan fingerprint density at radius 1 is 0.800 bits per heavy atom. The van der Waals surface area contributed by atoms with Gasteiger partial charge in [0.25, 0.3) is 0 Å². The van der Waals surface area contributed by atoms with Gasteiger partial charge in [-0.15, -0.1) is 0 Å². The van der Waals surface area contributed by atoms with Crippen molar-refractivity contribution >= 4 is 16.8 Å². The normalized spacial score (nSPS) is 11.7. The van der Waals surface area contributed by atoms with Crippen molar-refractivity contribution in [1.29, 1.82) is 0 Å². The summed E-state index contributed by atoms with van der Waals surface area (Å²) in [5.74, 6) is 0. The first-order chi connectivity index (χ1) is 9.77. The molecular formula is C18H31ClO. The number of hydrogen-bond acceptors (Lipinski definition) is 1. The molecule has 2 heteroatoms. The Hall–Kier alpha value is -0.560. The van der Waals surface area contributed by atoms with Gasteiger partial charge in [0.1, 0.15) is 0 Å². The SMILES string of the molecule is CCCCC/C=C/C=C/CCCCCCCCC(=O)Cl. The van der Waals surface area contributed by atoms with Crippen LogP contribution in [0, 0.1) is 0 Å². The molecular weight excluding hydrogens is 268 g/mol. The monoisotopic (exact) mass is 298 g/mol. The second-order valence-electron chi connectivity index (χ2n) is 5.37. The summed E-state index contributed by atoms with van der Waals surface area (Å²) in [6, 6.07) is 0. The third-order valence-corrected chi connectivity index (χ3v) is 3.54. The van der Waals surface area contributed by atoms with Crippen molar-refractivity contribution in [3.05, 3.63) is 24.3 Å². The molecule has 0 bridgehead atoms. The van der Waals surface area contributed by atoms with Gasteiger partial charge in [0.2, 0.25) is 5.24 Å². The summed E-state index contributed by atoms with van der Waals surface area (Å²) in [5, 5.41) is -0.196. The number of carbonyl (C=O) groups is 1. The fourth-order valence-electron chi connectivity index (χ4n) is 2.10. The molecule has 0 fully saturated rings. The van der Waals surface area contributed by atoms with Crippen LogP contribution in [0.2, 0.25) is 0 Å². The fraction of sp³-hybridized carbons (Fsp3) is 0.722. The van der Waals surface area contributed by atoms with E-state index < -0.39 is 0 Å². The Labute approximate surface area is 130 Å². The third kappa shape index (κ3) is 17.4. The maximum Gasteiger partial charge on any atom is 0.221 e. The molecule has 0 N–H and O–H groups in total. The van der Waals surface area contributed by atoms with Crippen molar-refractivity contribution in [2.75, 3.05) is 0 Å². The molecule has 0 aliphatic heterocycles. The van der Waals surface area contributed by atoms with E-state index in [0.29, 0.717) is 6.42 Å². The van der Waals surface area contributed by atoms with Gasteiger partial charge in [0, 0.05) is 6.42 Å². The van der Waals surface area contributed by atoms with E-state index in [1.807, 2.05) is 0 Å². The molecule has 0 radical (unpaired) electrons. The Morgan fingerprint density at radius 3 is 1.85 bits per heavy atom. The van der Waals surface area contributed by atoms with Crippen molar-refractivity contribution < 1.29 is 4.79 Å². The largest absolute Gasteiger partial charge is 0.281 e. The van der Waals surface area contributed by atoms with Crippen molar-refractivity contribution in [3.8, 4) is 0 Å². The number of allylic oxidation sites excluding steroid dienone is 4. The first kappa shape index (κ1) is 19.4. The van der Waals surface area contributed by atoms with Gasteiger partial charge in [0.05, 0.1) is 0 Å². The van der Waals surface area contributed by atoms with E-state index in [-0.39, 0.29) is 5.24 Å². The van der Waals surface area contributed by atoms with Crippen LogP contribution in [0.25, 0.3) is 0 Å². The molecule has 116 valence electrons. The molecule has 0 saturated carbocycles. The highest BCUT2D eigenvalue weighted by Crippen LogP contribution is 2.09. The quantitative estimate of drug-likeness (QED) is 0.201. The van der Waals surface area contributed by atoms with E-state index in [1.165, 1.54) is 57.8 Å². The molecule has 0 heterocycles. The van der Waals surface area contributed by atoms with E-state index >= 15 is 0 Å². The van der Waals surface area contributed by atoms with Gasteiger partial charge in [0.15, 0.2) is 0 Å². The van der Waals surface area contributed by atoms with Gasteiger partial charge in [-0.05, 0) is 43.7 Å². The molecule has 0 spiro atoms. The number of halogens is 1. The lowest BCUT2D eigenvalue weighted by Crippen LogP contribution is -1.86. The first-order valence-electron chi connectivity index (χ1n) is 8.27. The predicted molar refractivity (Wildman–Crippen MR) is 90.2 cm³/mol. The molecule has 20 heavy (non-hydrogen) atoms. The second-order valence-corrected chi connectivity index (χ2v) is 5.79. The summed E-state index contributed by atoms with van der Waals surface area (Å²) < 4.78 is 0.